The molecule has 6 heteroatoms. The van der Waals surface area contributed by atoms with E-state index in [1.807, 2.05) is 0 Å². The van der Waals surface area contributed by atoms with E-state index in [2.05, 4.69) is 17.2 Å². The first-order valence-electron chi connectivity index (χ1n) is 4.33. The standard InChI is InChI=1S/C10H8F2N2O2/c1-13-4-2-3-7-5-10(14(15)16)9(12)6-8(7)11/h5-6,13H,4H2,1H3. The lowest BCUT2D eigenvalue weighted by Crippen LogP contribution is -2.04. The van der Waals surface area contributed by atoms with Gasteiger partial charge in [-0.2, -0.15) is 4.39 Å². The lowest BCUT2D eigenvalue weighted by molar-refractivity contribution is -0.387. The van der Waals surface area contributed by atoms with Crippen LogP contribution in [0, 0.1) is 33.6 Å². The Morgan fingerprint density at radius 2 is 2.12 bits per heavy atom. The summed E-state index contributed by atoms with van der Waals surface area (Å²) in [5.74, 6) is 2.79. The molecule has 1 rings (SSSR count). The van der Waals surface area contributed by atoms with Crippen LogP contribution in [0.1, 0.15) is 5.56 Å². The summed E-state index contributed by atoms with van der Waals surface area (Å²) in [6.07, 6.45) is 0. The van der Waals surface area contributed by atoms with Gasteiger partial charge in [0.1, 0.15) is 5.82 Å². The Bertz CT molecular complexity index is 478. The third kappa shape index (κ3) is 2.74. The highest BCUT2D eigenvalue weighted by atomic mass is 19.1. The second kappa shape index (κ2) is 5.19. The zero-order chi connectivity index (χ0) is 12.1. The highest BCUT2D eigenvalue weighted by Crippen LogP contribution is 2.20. The fourth-order valence-corrected chi connectivity index (χ4v) is 1.00. The van der Waals surface area contributed by atoms with Gasteiger partial charge in [0.05, 0.1) is 17.0 Å². The molecular formula is C10H8F2N2O2. The van der Waals surface area contributed by atoms with Crippen molar-refractivity contribution in [2.24, 2.45) is 0 Å². The monoisotopic (exact) mass is 226 g/mol. The van der Waals surface area contributed by atoms with Gasteiger partial charge in [-0.1, -0.05) is 11.8 Å². The number of benzene rings is 1. The number of hydrogen-bond donors (Lipinski definition) is 1. The van der Waals surface area contributed by atoms with Crippen molar-refractivity contribution in [1.82, 2.24) is 5.32 Å². The molecule has 4 nitrogen and oxygen atoms in total. The van der Waals surface area contributed by atoms with E-state index in [0.29, 0.717) is 12.6 Å². The number of hydrogen-bond acceptors (Lipinski definition) is 3. The molecule has 1 aromatic carbocycles. The van der Waals surface area contributed by atoms with Crippen LogP contribution in [0.15, 0.2) is 12.1 Å². The molecule has 0 radical (unpaired) electrons. The summed E-state index contributed by atoms with van der Waals surface area (Å²) in [6.45, 7) is 0.310. The number of nitrogens with one attached hydrogen (secondary N) is 1. The van der Waals surface area contributed by atoms with Gasteiger partial charge in [0, 0.05) is 12.1 Å². The van der Waals surface area contributed by atoms with E-state index in [-0.39, 0.29) is 5.56 Å². The smallest absolute Gasteiger partial charge is 0.306 e. The van der Waals surface area contributed by atoms with Gasteiger partial charge >= 0.3 is 5.69 Å². The largest absolute Gasteiger partial charge is 0.309 e. The van der Waals surface area contributed by atoms with Gasteiger partial charge in [-0.3, -0.25) is 10.1 Å². The van der Waals surface area contributed by atoms with Crippen LogP contribution in [-0.4, -0.2) is 18.5 Å². The fraction of sp³-hybridized carbons (Fsp3) is 0.200. The Labute approximate surface area is 90.4 Å². The van der Waals surface area contributed by atoms with Crippen molar-refractivity contribution in [3.63, 3.8) is 0 Å². The van der Waals surface area contributed by atoms with Crippen LogP contribution in [0.5, 0.6) is 0 Å². The Hall–Kier alpha value is -2.00. The molecular weight excluding hydrogens is 218 g/mol. The second-order valence-electron chi connectivity index (χ2n) is 2.87. The summed E-state index contributed by atoms with van der Waals surface area (Å²) < 4.78 is 26.1. The number of rotatable bonds is 2. The minimum Gasteiger partial charge on any atom is -0.309 e. The Morgan fingerprint density at radius 1 is 1.44 bits per heavy atom. The average Bonchev–Trinajstić information content (AvgIpc) is 2.21. The molecule has 16 heavy (non-hydrogen) atoms. The van der Waals surface area contributed by atoms with Gasteiger partial charge in [-0.05, 0) is 7.05 Å². The van der Waals surface area contributed by atoms with E-state index in [4.69, 9.17) is 0 Å². The van der Waals surface area contributed by atoms with Gasteiger partial charge in [-0.25, -0.2) is 4.39 Å². The molecule has 0 spiro atoms. The van der Waals surface area contributed by atoms with Gasteiger partial charge in [0.25, 0.3) is 0 Å². The molecule has 0 bridgehead atoms. The van der Waals surface area contributed by atoms with E-state index in [9.17, 15) is 18.9 Å². The lowest BCUT2D eigenvalue weighted by Gasteiger charge is -1.97. The predicted molar refractivity (Wildman–Crippen MR) is 53.8 cm³/mol. The van der Waals surface area contributed by atoms with Crippen molar-refractivity contribution < 1.29 is 13.7 Å². The molecule has 0 aliphatic heterocycles. The minimum atomic E-state index is -1.21. The van der Waals surface area contributed by atoms with Crippen LogP contribution in [0.3, 0.4) is 0 Å². The zero-order valence-corrected chi connectivity index (χ0v) is 8.38. The van der Waals surface area contributed by atoms with E-state index < -0.39 is 22.2 Å². The summed E-state index contributed by atoms with van der Waals surface area (Å²) in [6, 6.07) is 1.24. The molecule has 1 aromatic rings. The van der Waals surface area contributed by atoms with Crippen molar-refractivity contribution in [3.05, 3.63) is 39.4 Å². The summed E-state index contributed by atoms with van der Waals surface area (Å²) in [4.78, 5) is 9.48. The van der Waals surface area contributed by atoms with Crippen LogP contribution < -0.4 is 5.32 Å². The second-order valence-corrected chi connectivity index (χ2v) is 2.87. The van der Waals surface area contributed by atoms with Crippen LogP contribution in [0.2, 0.25) is 0 Å². The molecule has 0 fully saturated rings. The number of nitrogens with zero attached hydrogens (tertiary/aromatic N) is 1. The third-order valence-electron chi connectivity index (χ3n) is 1.72. The summed E-state index contributed by atoms with van der Waals surface area (Å²) in [5.41, 5.74) is -0.974. The average molecular weight is 226 g/mol. The predicted octanol–water partition coefficient (Wildman–Crippen LogP) is 1.44. The highest BCUT2D eigenvalue weighted by molar-refractivity contribution is 5.45. The first-order valence-corrected chi connectivity index (χ1v) is 4.33. The van der Waals surface area contributed by atoms with E-state index in [1.54, 1.807) is 7.05 Å². The van der Waals surface area contributed by atoms with Gasteiger partial charge in [0.15, 0.2) is 0 Å². The molecule has 0 aliphatic rings. The quantitative estimate of drug-likeness (QED) is 0.471. The topological polar surface area (TPSA) is 55.2 Å². The molecule has 0 amide bonds. The molecule has 1 N–H and O–H groups in total. The van der Waals surface area contributed by atoms with Crippen molar-refractivity contribution in [2.45, 2.75) is 0 Å². The van der Waals surface area contributed by atoms with Crippen molar-refractivity contribution in [1.29, 1.82) is 0 Å². The molecule has 0 saturated carbocycles. The normalized spacial score (nSPS) is 9.44. The summed E-state index contributed by atoms with van der Waals surface area (Å²) >= 11 is 0. The maximum atomic E-state index is 13.1. The van der Waals surface area contributed by atoms with E-state index in [0.717, 1.165) is 6.07 Å². The third-order valence-corrected chi connectivity index (χ3v) is 1.72. The Kier molecular flexibility index (Phi) is 3.91. The first-order chi connectivity index (χ1) is 7.56. The molecule has 0 unspecified atom stereocenters. The van der Waals surface area contributed by atoms with Gasteiger partial charge in [-0.15, -0.1) is 0 Å². The van der Waals surface area contributed by atoms with E-state index in [1.165, 1.54) is 0 Å². The van der Waals surface area contributed by atoms with Crippen molar-refractivity contribution in [3.8, 4) is 11.8 Å². The van der Waals surface area contributed by atoms with Gasteiger partial charge in [0.2, 0.25) is 5.82 Å². The highest BCUT2D eigenvalue weighted by Gasteiger charge is 2.17. The molecule has 0 aliphatic carbocycles. The SMILES string of the molecule is CNCC#Cc1cc([N+](=O)[O-])c(F)cc1F. The fourth-order valence-electron chi connectivity index (χ4n) is 1.00. The molecule has 0 atom stereocenters. The number of nitro benzene ring substituents is 1. The zero-order valence-electron chi connectivity index (χ0n) is 8.38. The Morgan fingerprint density at radius 3 is 2.69 bits per heavy atom. The molecule has 84 valence electrons. The molecule has 0 heterocycles. The number of nitro groups is 1. The number of halogens is 2. The van der Waals surface area contributed by atoms with Crippen molar-refractivity contribution >= 4 is 5.69 Å². The van der Waals surface area contributed by atoms with Crippen LogP contribution in [0.25, 0.3) is 0 Å². The molecule has 0 aromatic heterocycles. The minimum absolute atomic E-state index is 0.191. The maximum Gasteiger partial charge on any atom is 0.306 e. The van der Waals surface area contributed by atoms with E-state index >= 15 is 0 Å². The summed E-state index contributed by atoms with van der Waals surface area (Å²) in [7, 11) is 1.65. The summed E-state index contributed by atoms with van der Waals surface area (Å²) in [5, 5.41) is 13.1. The first kappa shape index (κ1) is 12.1. The Balaban J connectivity index is 3.16. The maximum absolute atomic E-state index is 13.1. The van der Waals surface area contributed by atoms with Crippen LogP contribution in [-0.2, 0) is 0 Å². The van der Waals surface area contributed by atoms with Crippen LogP contribution in [0.4, 0.5) is 14.5 Å². The lowest BCUT2D eigenvalue weighted by atomic mass is 10.2. The van der Waals surface area contributed by atoms with Crippen LogP contribution >= 0.6 is 0 Å². The molecule has 0 saturated heterocycles. The van der Waals surface area contributed by atoms with Crippen molar-refractivity contribution in [2.75, 3.05) is 13.6 Å². The van der Waals surface area contributed by atoms with Gasteiger partial charge < -0.3 is 5.32 Å².